The summed E-state index contributed by atoms with van der Waals surface area (Å²) in [5.41, 5.74) is 1.54. The van der Waals surface area contributed by atoms with Crippen LogP contribution in [-0.4, -0.2) is 29.1 Å². The minimum Gasteiger partial charge on any atom is -0.372 e. The van der Waals surface area contributed by atoms with Crippen LogP contribution in [0.4, 0.5) is 24.5 Å². The zero-order chi connectivity index (χ0) is 22.6. The number of carbonyl (C=O) groups excluding carboxylic acids is 1. The summed E-state index contributed by atoms with van der Waals surface area (Å²) in [6, 6.07) is 12.3. The van der Waals surface area contributed by atoms with Gasteiger partial charge in [-0.25, -0.2) is 0 Å². The normalized spacial score (nSPS) is 14.4. The number of amides is 1. The molecule has 2 aromatic carbocycles. The Balaban J connectivity index is 1.30. The molecular weight excluding hydrogens is 421 g/mol. The van der Waals surface area contributed by atoms with Gasteiger partial charge in [0.2, 0.25) is 17.6 Å². The summed E-state index contributed by atoms with van der Waals surface area (Å²) >= 11 is 0. The first-order chi connectivity index (χ1) is 15.4. The predicted molar refractivity (Wildman–Crippen MR) is 114 cm³/mol. The summed E-state index contributed by atoms with van der Waals surface area (Å²) in [7, 11) is 0. The fourth-order valence-electron chi connectivity index (χ4n) is 3.63. The van der Waals surface area contributed by atoms with Gasteiger partial charge in [0.1, 0.15) is 0 Å². The summed E-state index contributed by atoms with van der Waals surface area (Å²) in [4.78, 5) is 18.8. The molecule has 1 saturated heterocycles. The number of piperidine rings is 1. The Kier molecular flexibility index (Phi) is 6.43. The second-order valence-corrected chi connectivity index (χ2v) is 7.73. The molecule has 0 spiro atoms. The van der Waals surface area contributed by atoms with Crippen molar-refractivity contribution in [1.82, 2.24) is 10.1 Å². The van der Waals surface area contributed by atoms with E-state index in [2.05, 4.69) is 20.4 Å². The average Bonchev–Trinajstić information content (AvgIpc) is 3.27. The summed E-state index contributed by atoms with van der Waals surface area (Å²) in [5.74, 6) is 0.423. The Morgan fingerprint density at radius 2 is 1.69 bits per heavy atom. The number of benzene rings is 2. The van der Waals surface area contributed by atoms with Gasteiger partial charge in [0.05, 0.1) is 5.56 Å². The fourth-order valence-corrected chi connectivity index (χ4v) is 3.63. The van der Waals surface area contributed by atoms with E-state index in [1.165, 1.54) is 37.1 Å². The highest BCUT2D eigenvalue weighted by molar-refractivity contribution is 5.90. The Hall–Kier alpha value is -3.36. The minimum absolute atomic E-state index is 0.0660. The molecule has 0 atom stereocenters. The molecule has 1 aliphatic rings. The molecule has 0 bridgehead atoms. The van der Waals surface area contributed by atoms with Crippen molar-refractivity contribution >= 4 is 17.3 Å². The molecule has 0 radical (unpaired) electrons. The molecule has 1 amide bonds. The molecule has 3 aromatic rings. The van der Waals surface area contributed by atoms with E-state index in [1.807, 2.05) is 24.3 Å². The van der Waals surface area contributed by atoms with Gasteiger partial charge >= 0.3 is 6.18 Å². The maximum Gasteiger partial charge on any atom is 0.416 e. The highest BCUT2D eigenvalue weighted by atomic mass is 19.4. The lowest BCUT2D eigenvalue weighted by molar-refractivity contribution is -0.137. The molecule has 0 unspecified atom stereocenters. The SMILES string of the molecule is O=C(CCc1nc(-c2ccc(N3CCCCC3)cc2)no1)Nc1ccc(C(F)(F)F)cc1. The van der Waals surface area contributed by atoms with Crippen LogP contribution in [0.5, 0.6) is 0 Å². The molecule has 168 valence electrons. The Labute approximate surface area is 183 Å². The highest BCUT2D eigenvalue weighted by Gasteiger charge is 2.30. The van der Waals surface area contributed by atoms with E-state index in [9.17, 15) is 18.0 Å². The van der Waals surface area contributed by atoms with E-state index in [0.29, 0.717) is 17.4 Å². The lowest BCUT2D eigenvalue weighted by Crippen LogP contribution is -2.29. The number of alkyl halides is 3. The van der Waals surface area contributed by atoms with Crippen LogP contribution >= 0.6 is 0 Å². The van der Waals surface area contributed by atoms with Crippen molar-refractivity contribution in [3.8, 4) is 11.4 Å². The van der Waals surface area contributed by atoms with Gasteiger partial charge in [-0.05, 0) is 67.8 Å². The van der Waals surface area contributed by atoms with Crippen molar-refractivity contribution < 1.29 is 22.5 Å². The third-order valence-corrected chi connectivity index (χ3v) is 5.38. The number of halogens is 3. The largest absolute Gasteiger partial charge is 0.416 e. The number of rotatable bonds is 6. The second-order valence-electron chi connectivity index (χ2n) is 7.73. The number of hydrogen-bond donors (Lipinski definition) is 1. The zero-order valence-corrected chi connectivity index (χ0v) is 17.4. The van der Waals surface area contributed by atoms with Crippen LogP contribution in [-0.2, 0) is 17.4 Å². The molecule has 1 N–H and O–H groups in total. The van der Waals surface area contributed by atoms with E-state index in [0.717, 1.165) is 30.8 Å². The fraction of sp³-hybridized carbons (Fsp3) is 0.348. The van der Waals surface area contributed by atoms with Crippen molar-refractivity contribution in [3.05, 3.63) is 60.0 Å². The van der Waals surface area contributed by atoms with Gasteiger partial charge in [-0.3, -0.25) is 4.79 Å². The lowest BCUT2D eigenvalue weighted by atomic mass is 10.1. The van der Waals surface area contributed by atoms with Gasteiger partial charge in [-0.2, -0.15) is 18.2 Å². The Morgan fingerprint density at radius 3 is 2.34 bits per heavy atom. The van der Waals surface area contributed by atoms with Crippen molar-refractivity contribution in [2.75, 3.05) is 23.3 Å². The summed E-state index contributed by atoms with van der Waals surface area (Å²) in [6.07, 6.45) is -0.415. The van der Waals surface area contributed by atoms with Crippen LogP contribution < -0.4 is 10.2 Å². The number of carbonyl (C=O) groups is 1. The van der Waals surface area contributed by atoms with Crippen LogP contribution in [0.15, 0.2) is 53.1 Å². The second kappa shape index (κ2) is 9.42. The van der Waals surface area contributed by atoms with E-state index in [4.69, 9.17) is 4.52 Å². The van der Waals surface area contributed by atoms with Crippen LogP contribution in [0, 0.1) is 0 Å². The first-order valence-corrected chi connectivity index (χ1v) is 10.5. The molecule has 0 saturated carbocycles. The van der Waals surface area contributed by atoms with Crippen LogP contribution in [0.2, 0.25) is 0 Å². The number of aryl methyl sites for hydroxylation is 1. The van der Waals surface area contributed by atoms with E-state index >= 15 is 0 Å². The van der Waals surface area contributed by atoms with Crippen LogP contribution in [0.25, 0.3) is 11.4 Å². The van der Waals surface area contributed by atoms with E-state index in [-0.39, 0.29) is 18.7 Å². The monoisotopic (exact) mass is 444 g/mol. The van der Waals surface area contributed by atoms with E-state index in [1.54, 1.807) is 0 Å². The minimum atomic E-state index is -4.41. The van der Waals surface area contributed by atoms with Crippen LogP contribution in [0.3, 0.4) is 0 Å². The van der Waals surface area contributed by atoms with Crippen molar-refractivity contribution in [1.29, 1.82) is 0 Å². The molecule has 9 heteroatoms. The Bertz CT molecular complexity index is 1040. The standard InChI is InChI=1S/C23H23F3N4O2/c24-23(25,26)17-6-8-18(9-7-17)27-20(31)12-13-21-28-22(29-32-21)16-4-10-19(11-5-16)30-14-2-1-3-15-30/h4-11H,1-3,12-15H2,(H,27,31). The third-order valence-electron chi connectivity index (χ3n) is 5.38. The zero-order valence-electron chi connectivity index (χ0n) is 17.4. The van der Waals surface area contributed by atoms with Crippen molar-refractivity contribution in [2.45, 2.75) is 38.3 Å². The van der Waals surface area contributed by atoms with Gasteiger partial charge in [-0.15, -0.1) is 0 Å². The predicted octanol–water partition coefficient (Wildman–Crippen LogP) is 5.32. The molecule has 0 aliphatic carbocycles. The molecule has 4 rings (SSSR count). The molecule has 1 aliphatic heterocycles. The molecule has 32 heavy (non-hydrogen) atoms. The first-order valence-electron chi connectivity index (χ1n) is 10.5. The summed E-state index contributed by atoms with van der Waals surface area (Å²) < 4.78 is 43.1. The van der Waals surface area contributed by atoms with Gasteiger partial charge in [0, 0.05) is 42.9 Å². The topological polar surface area (TPSA) is 71.3 Å². The van der Waals surface area contributed by atoms with Gasteiger partial charge in [0.25, 0.3) is 0 Å². The molecule has 1 fully saturated rings. The maximum absolute atomic E-state index is 12.6. The molecular formula is C23H23F3N4O2. The highest BCUT2D eigenvalue weighted by Crippen LogP contribution is 2.30. The number of aromatic nitrogens is 2. The van der Waals surface area contributed by atoms with Crippen molar-refractivity contribution in [2.24, 2.45) is 0 Å². The molecule has 2 heterocycles. The summed E-state index contributed by atoms with van der Waals surface area (Å²) in [5, 5.41) is 6.55. The first kappa shape index (κ1) is 21.9. The molecule has 6 nitrogen and oxygen atoms in total. The van der Waals surface area contributed by atoms with Crippen LogP contribution in [0.1, 0.15) is 37.1 Å². The number of anilines is 2. The number of nitrogens with zero attached hydrogens (tertiary/aromatic N) is 3. The molecule has 1 aromatic heterocycles. The van der Waals surface area contributed by atoms with Crippen molar-refractivity contribution in [3.63, 3.8) is 0 Å². The van der Waals surface area contributed by atoms with Gasteiger partial charge in [0.15, 0.2) is 0 Å². The van der Waals surface area contributed by atoms with Gasteiger partial charge < -0.3 is 14.7 Å². The number of nitrogens with one attached hydrogen (secondary N) is 1. The smallest absolute Gasteiger partial charge is 0.372 e. The lowest BCUT2D eigenvalue weighted by Gasteiger charge is -2.28. The number of hydrogen-bond acceptors (Lipinski definition) is 5. The Morgan fingerprint density at radius 1 is 1.00 bits per heavy atom. The quantitative estimate of drug-likeness (QED) is 0.557. The van der Waals surface area contributed by atoms with Gasteiger partial charge in [-0.1, -0.05) is 5.16 Å². The maximum atomic E-state index is 12.6. The average molecular weight is 444 g/mol. The van der Waals surface area contributed by atoms with E-state index < -0.39 is 11.7 Å². The summed E-state index contributed by atoms with van der Waals surface area (Å²) in [6.45, 7) is 2.14. The third kappa shape index (κ3) is 5.46.